The van der Waals surface area contributed by atoms with Crippen LogP contribution < -0.4 is 9.62 Å². The van der Waals surface area contributed by atoms with Gasteiger partial charge in [-0.3, -0.25) is 13.8 Å². The molecule has 2 aromatic rings. The molecule has 1 N–H and O–H groups in total. The number of benzene rings is 1. The standard InChI is InChI=1S/C18H24N4O3S/c1-11-8-15-9-14(6-7-17(15)22(11)26(5,24)25)18(23)20-12(2)16-10-19-21(4)13(16)3/h6-7,9-12H,8H2,1-5H3,(H,20,23). The van der Waals surface area contributed by atoms with Gasteiger partial charge in [-0.1, -0.05) is 0 Å². The van der Waals surface area contributed by atoms with E-state index in [1.807, 2.05) is 27.8 Å². The normalized spacial score (nSPS) is 17.9. The van der Waals surface area contributed by atoms with Crippen LogP contribution in [0, 0.1) is 6.92 Å². The van der Waals surface area contributed by atoms with Crippen molar-refractivity contribution in [2.24, 2.45) is 7.05 Å². The number of nitrogens with zero attached hydrogens (tertiary/aromatic N) is 3. The van der Waals surface area contributed by atoms with Gasteiger partial charge in [0.1, 0.15) is 0 Å². The first-order chi connectivity index (χ1) is 12.1. The Morgan fingerprint density at radius 1 is 1.38 bits per heavy atom. The van der Waals surface area contributed by atoms with Crippen molar-refractivity contribution >= 4 is 21.6 Å². The largest absolute Gasteiger partial charge is 0.345 e. The van der Waals surface area contributed by atoms with E-state index in [1.54, 1.807) is 29.1 Å². The topological polar surface area (TPSA) is 84.3 Å². The van der Waals surface area contributed by atoms with Crippen LogP contribution in [-0.2, 0) is 23.5 Å². The maximum Gasteiger partial charge on any atom is 0.251 e. The van der Waals surface area contributed by atoms with Gasteiger partial charge in [-0.25, -0.2) is 8.42 Å². The first-order valence-electron chi connectivity index (χ1n) is 8.51. The summed E-state index contributed by atoms with van der Waals surface area (Å²) in [5.74, 6) is -0.186. The van der Waals surface area contributed by atoms with Gasteiger partial charge < -0.3 is 5.32 Å². The molecule has 0 spiro atoms. The van der Waals surface area contributed by atoms with Gasteiger partial charge in [0.05, 0.1) is 24.2 Å². The molecule has 8 heteroatoms. The minimum absolute atomic E-state index is 0.143. The van der Waals surface area contributed by atoms with Crippen LogP contribution >= 0.6 is 0 Å². The predicted molar refractivity (Wildman–Crippen MR) is 101 cm³/mol. The zero-order chi connectivity index (χ0) is 19.2. The van der Waals surface area contributed by atoms with Crippen molar-refractivity contribution in [3.8, 4) is 0 Å². The maximum atomic E-state index is 12.6. The van der Waals surface area contributed by atoms with Crippen molar-refractivity contribution in [2.45, 2.75) is 39.3 Å². The third-order valence-electron chi connectivity index (χ3n) is 4.94. The molecule has 3 rings (SSSR count). The summed E-state index contributed by atoms with van der Waals surface area (Å²) in [7, 11) is -1.47. The summed E-state index contributed by atoms with van der Waals surface area (Å²) in [5, 5.41) is 7.19. The molecule has 26 heavy (non-hydrogen) atoms. The molecule has 0 saturated carbocycles. The number of rotatable bonds is 4. The van der Waals surface area contributed by atoms with Crippen LogP contribution in [0.5, 0.6) is 0 Å². The van der Waals surface area contributed by atoms with E-state index in [0.717, 1.165) is 16.8 Å². The summed E-state index contributed by atoms with van der Waals surface area (Å²) in [5.41, 5.74) is 4.04. The molecular weight excluding hydrogens is 352 g/mol. The summed E-state index contributed by atoms with van der Waals surface area (Å²) < 4.78 is 27.2. The minimum atomic E-state index is -3.33. The Bertz CT molecular complexity index is 965. The minimum Gasteiger partial charge on any atom is -0.345 e. The zero-order valence-corrected chi connectivity index (χ0v) is 16.5. The predicted octanol–water partition coefficient (Wildman–Crippen LogP) is 1.93. The van der Waals surface area contributed by atoms with E-state index in [-0.39, 0.29) is 18.0 Å². The van der Waals surface area contributed by atoms with Gasteiger partial charge in [-0.2, -0.15) is 5.10 Å². The Balaban J connectivity index is 1.82. The summed E-state index contributed by atoms with van der Waals surface area (Å²) in [6.45, 7) is 5.75. The number of amides is 1. The van der Waals surface area contributed by atoms with Crippen molar-refractivity contribution in [3.63, 3.8) is 0 Å². The number of carbonyl (C=O) groups is 1. The second kappa shape index (κ2) is 6.42. The summed E-state index contributed by atoms with van der Waals surface area (Å²) in [6.07, 6.45) is 3.56. The smallest absolute Gasteiger partial charge is 0.251 e. The van der Waals surface area contributed by atoms with E-state index < -0.39 is 10.0 Å². The number of hydrogen-bond acceptors (Lipinski definition) is 4. The van der Waals surface area contributed by atoms with Gasteiger partial charge in [-0.15, -0.1) is 0 Å². The van der Waals surface area contributed by atoms with Crippen LogP contribution in [0.3, 0.4) is 0 Å². The Kier molecular flexibility index (Phi) is 4.56. The van der Waals surface area contributed by atoms with Gasteiger partial charge in [0.25, 0.3) is 5.91 Å². The van der Waals surface area contributed by atoms with Gasteiger partial charge in [0.2, 0.25) is 10.0 Å². The number of aromatic nitrogens is 2. The molecule has 0 radical (unpaired) electrons. The molecule has 0 aliphatic carbocycles. The maximum absolute atomic E-state index is 12.6. The summed E-state index contributed by atoms with van der Waals surface area (Å²) in [6, 6.07) is 4.86. The average molecular weight is 376 g/mol. The third kappa shape index (κ3) is 3.21. The molecular formula is C18H24N4O3S. The van der Waals surface area contributed by atoms with E-state index in [4.69, 9.17) is 0 Å². The lowest BCUT2D eigenvalue weighted by molar-refractivity contribution is 0.0939. The second-order valence-electron chi connectivity index (χ2n) is 6.96. The van der Waals surface area contributed by atoms with E-state index >= 15 is 0 Å². The van der Waals surface area contributed by atoms with E-state index in [2.05, 4.69) is 10.4 Å². The molecule has 1 amide bonds. The fourth-order valence-electron chi connectivity index (χ4n) is 3.55. The molecule has 2 atom stereocenters. The summed E-state index contributed by atoms with van der Waals surface area (Å²) in [4.78, 5) is 12.6. The van der Waals surface area contributed by atoms with Gasteiger partial charge in [-0.05, 0) is 51.0 Å². The second-order valence-corrected chi connectivity index (χ2v) is 8.82. The SMILES string of the molecule is Cc1c(C(C)NC(=O)c2ccc3c(c2)CC(C)N3S(C)(=O)=O)cnn1C. The molecule has 1 aromatic carbocycles. The highest BCUT2D eigenvalue weighted by atomic mass is 32.2. The summed E-state index contributed by atoms with van der Waals surface area (Å²) >= 11 is 0. The van der Waals surface area contributed by atoms with Crippen LogP contribution in [0.2, 0.25) is 0 Å². The molecule has 0 fully saturated rings. The lowest BCUT2D eigenvalue weighted by Gasteiger charge is -2.22. The fraction of sp³-hybridized carbons (Fsp3) is 0.444. The van der Waals surface area contributed by atoms with Crippen LogP contribution in [0.1, 0.15) is 47.1 Å². The lowest BCUT2D eigenvalue weighted by atomic mass is 10.1. The van der Waals surface area contributed by atoms with Gasteiger partial charge in [0.15, 0.2) is 0 Å². The van der Waals surface area contributed by atoms with Gasteiger partial charge >= 0.3 is 0 Å². The van der Waals surface area contributed by atoms with E-state index in [0.29, 0.717) is 17.7 Å². The number of fused-ring (bicyclic) bond motifs is 1. The molecule has 140 valence electrons. The average Bonchev–Trinajstić information content (AvgIpc) is 3.05. The lowest BCUT2D eigenvalue weighted by Crippen LogP contribution is -2.34. The number of hydrogen-bond donors (Lipinski definition) is 1. The molecule has 2 unspecified atom stereocenters. The molecule has 0 bridgehead atoms. The van der Waals surface area contributed by atoms with E-state index in [9.17, 15) is 13.2 Å². The Hall–Kier alpha value is -2.35. The van der Waals surface area contributed by atoms with Crippen LogP contribution in [0.4, 0.5) is 5.69 Å². The van der Waals surface area contributed by atoms with Gasteiger partial charge in [0, 0.05) is 29.9 Å². The fourth-order valence-corrected chi connectivity index (χ4v) is 4.81. The van der Waals surface area contributed by atoms with Crippen molar-refractivity contribution in [2.75, 3.05) is 10.6 Å². The highest BCUT2D eigenvalue weighted by Gasteiger charge is 2.32. The first-order valence-corrected chi connectivity index (χ1v) is 10.4. The number of nitrogens with one attached hydrogen (secondary N) is 1. The van der Waals surface area contributed by atoms with Crippen molar-refractivity contribution in [1.82, 2.24) is 15.1 Å². The third-order valence-corrected chi connectivity index (χ3v) is 6.21. The number of aryl methyl sites for hydroxylation is 1. The number of sulfonamides is 1. The Labute approximate surface area is 154 Å². The first kappa shape index (κ1) is 18.4. The monoisotopic (exact) mass is 376 g/mol. The highest BCUT2D eigenvalue weighted by molar-refractivity contribution is 7.92. The Morgan fingerprint density at radius 3 is 2.65 bits per heavy atom. The van der Waals surface area contributed by atoms with Crippen molar-refractivity contribution in [3.05, 3.63) is 46.8 Å². The number of carbonyl (C=O) groups excluding carboxylic acids is 1. The Morgan fingerprint density at radius 2 is 2.08 bits per heavy atom. The zero-order valence-electron chi connectivity index (χ0n) is 15.6. The molecule has 7 nitrogen and oxygen atoms in total. The highest BCUT2D eigenvalue weighted by Crippen LogP contribution is 2.34. The van der Waals surface area contributed by atoms with Crippen LogP contribution in [0.25, 0.3) is 0 Å². The molecule has 1 aliphatic heterocycles. The molecule has 1 aromatic heterocycles. The van der Waals surface area contributed by atoms with Crippen LogP contribution in [-0.4, -0.2) is 36.4 Å². The van der Waals surface area contributed by atoms with Crippen LogP contribution in [0.15, 0.2) is 24.4 Å². The molecule has 1 aliphatic rings. The van der Waals surface area contributed by atoms with Crippen molar-refractivity contribution in [1.29, 1.82) is 0 Å². The molecule has 0 saturated heterocycles. The van der Waals surface area contributed by atoms with Crippen molar-refractivity contribution < 1.29 is 13.2 Å². The molecule has 2 heterocycles. The number of anilines is 1. The quantitative estimate of drug-likeness (QED) is 0.884. The van der Waals surface area contributed by atoms with E-state index in [1.165, 1.54) is 10.6 Å².